The lowest BCUT2D eigenvalue weighted by Crippen LogP contribution is -2.50. The van der Waals surface area contributed by atoms with E-state index in [1.165, 1.54) is 0 Å². The number of hydrogen-bond acceptors (Lipinski definition) is 1. The van der Waals surface area contributed by atoms with E-state index in [0.29, 0.717) is 5.56 Å². The molecule has 118 valence electrons. The largest absolute Gasteiger partial charge is 0.305 e. The number of pyridine rings is 1. The van der Waals surface area contributed by atoms with Crippen LogP contribution >= 0.6 is 0 Å². The van der Waals surface area contributed by atoms with Crippen LogP contribution in [0.2, 0.25) is 0 Å². The molecule has 0 bridgehead atoms. The summed E-state index contributed by atoms with van der Waals surface area (Å²) >= 11 is 0. The Morgan fingerprint density at radius 2 is 1.54 bits per heavy atom. The van der Waals surface area contributed by atoms with Crippen molar-refractivity contribution in [2.75, 3.05) is 5.43 Å². The number of aromatic nitrogens is 1. The fraction of sp³-hybridized carbons (Fsp3) is 0.0476. The molecule has 0 aliphatic carbocycles. The van der Waals surface area contributed by atoms with Crippen molar-refractivity contribution in [3.05, 3.63) is 101 Å². The van der Waals surface area contributed by atoms with Crippen molar-refractivity contribution >= 4 is 18.1 Å². The van der Waals surface area contributed by atoms with E-state index in [-0.39, 0.29) is 5.91 Å². The van der Waals surface area contributed by atoms with E-state index in [0.717, 1.165) is 16.8 Å². The fourth-order valence-electron chi connectivity index (χ4n) is 2.36. The summed E-state index contributed by atoms with van der Waals surface area (Å²) in [5.41, 5.74) is 6.64. The minimum Gasteiger partial charge on any atom is -0.264 e. The average Bonchev–Trinajstić information content (AvgIpc) is 2.62. The zero-order chi connectivity index (χ0) is 16.8. The van der Waals surface area contributed by atoms with Gasteiger partial charge in [0.15, 0.2) is 0 Å². The first-order valence-electron chi connectivity index (χ1n) is 7.84. The van der Waals surface area contributed by atoms with Gasteiger partial charge in [0.2, 0.25) is 11.9 Å². The fourth-order valence-corrected chi connectivity index (χ4v) is 2.36. The molecule has 1 amide bonds. The number of carbonyl (C=O) groups excluding carboxylic acids is 1. The molecule has 1 N–H and O–H groups in total. The van der Waals surface area contributed by atoms with Crippen LogP contribution in [0, 0.1) is 6.92 Å². The van der Waals surface area contributed by atoms with E-state index in [1.54, 1.807) is 16.8 Å². The number of hydrogen-bond donors (Lipinski definition) is 1. The van der Waals surface area contributed by atoms with E-state index >= 15 is 0 Å². The third-order valence-corrected chi connectivity index (χ3v) is 3.63. The third-order valence-electron chi connectivity index (χ3n) is 3.63. The Balaban J connectivity index is 1.86. The highest BCUT2D eigenvalue weighted by Crippen LogP contribution is 2.06. The number of nitrogens with one attached hydrogen (secondary N) is 1. The molecule has 24 heavy (non-hydrogen) atoms. The van der Waals surface area contributed by atoms with E-state index in [9.17, 15) is 4.79 Å². The summed E-state index contributed by atoms with van der Waals surface area (Å²) in [6.45, 7) is 2.00. The van der Waals surface area contributed by atoms with Gasteiger partial charge in [-0.25, -0.2) is 0 Å². The molecule has 0 spiro atoms. The van der Waals surface area contributed by atoms with Crippen LogP contribution in [-0.2, 0) is 0 Å². The first-order valence-corrected chi connectivity index (χ1v) is 7.84. The van der Waals surface area contributed by atoms with Crippen molar-refractivity contribution in [1.29, 1.82) is 0 Å². The standard InChI is InChI=1S/C21H18N2O/c1-17-12-14-20(15-13-18-8-4-2-5-9-18)23(16-17)22-21(24)19-10-6-3-7-11-19/h2-16H,1H3/p+1/b15-13+. The molecule has 3 heteroatoms. The second-order valence-electron chi connectivity index (χ2n) is 5.55. The molecule has 0 fully saturated rings. The number of amides is 1. The third kappa shape index (κ3) is 3.96. The van der Waals surface area contributed by atoms with Gasteiger partial charge in [-0.2, -0.15) is 0 Å². The minimum absolute atomic E-state index is 0.138. The van der Waals surface area contributed by atoms with Crippen LogP contribution in [0.3, 0.4) is 0 Å². The van der Waals surface area contributed by atoms with Gasteiger partial charge in [0.25, 0.3) is 0 Å². The van der Waals surface area contributed by atoms with E-state index in [1.807, 2.05) is 85.9 Å². The lowest BCUT2D eigenvalue weighted by atomic mass is 10.2. The Morgan fingerprint density at radius 3 is 2.25 bits per heavy atom. The summed E-state index contributed by atoms with van der Waals surface area (Å²) in [5.74, 6) is -0.138. The van der Waals surface area contributed by atoms with Crippen molar-refractivity contribution in [3.63, 3.8) is 0 Å². The Labute approximate surface area is 141 Å². The van der Waals surface area contributed by atoms with Gasteiger partial charge in [-0.3, -0.25) is 4.79 Å². The Kier molecular flexibility index (Phi) is 4.82. The number of benzene rings is 2. The van der Waals surface area contributed by atoms with Gasteiger partial charge in [0.1, 0.15) is 0 Å². The van der Waals surface area contributed by atoms with E-state index in [4.69, 9.17) is 0 Å². The summed E-state index contributed by atoms with van der Waals surface area (Å²) in [6, 6.07) is 23.3. The van der Waals surface area contributed by atoms with Gasteiger partial charge in [-0.1, -0.05) is 53.2 Å². The van der Waals surface area contributed by atoms with Gasteiger partial charge in [0.05, 0.1) is 0 Å². The zero-order valence-corrected chi connectivity index (χ0v) is 13.5. The highest BCUT2D eigenvalue weighted by atomic mass is 16.2. The Hall–Kier alpha value is -3.20. The van der Waals surface area contributed by atoms with Crippen LogP contribution in [0.15, 0.2) is 79.0 Å². The molecule has 3 aromatic rings. The van der Waals surface area contributed by atoms with Crippen LogP contribution < -0.4 is 10.1 Å². The summed E-state index contributed by atoms with van der Waals surface area (Å²) < 4.78 is 1.75. The van der Waals surface area contributed by atoms with Gasteiger partial charge in [0, 0.05) is 23.3 Å². The SMILES string of the molecule is Cc1ccc(/C=C/c2ccccc2)[n+](NC(=O)c2ccccc2)c1. The van der Waals surface area contributed by atoms with Crippen LogP contribution in [0.5, 0.6) is 0 Å². The summed E-state index contributed by atoms with van der Waals surface area (Å²) in [7, 11) is 0. The highest BCUT2D eigenvalue weighted by Gasteiger charge is 2.14. The van der Waals surface area contributed by atoms with Gasteiger partial charge in [-0.15, -0.1) is 5.43 Å². The van der Waals surface area contributed by atoms with Crippen LogP contribution in [0.1, 0.15) is 27.2 Å². The molecule has 2 aromatic carbocycles. The first-order chi connectivity index (χ1) is 11.7. The molecule has 0 saturated heterocycles. The molecule has 0 saturated carbocycles. The van der Waals surface area contributed by atoms with Gasteiger partial charge in [-0.05, 0) is 36.8 Å². The number of carbonyl (C=O) groups is 1. The van der Waals surface area contributed by atoms with Crippen molar-refractivity contribution < 1.29 is 9.47 Å². The second-order valence-corrected chi connectivity index (χ2v) is 5.55. The predicted molar refractivity (Wildman–Crippen MR) is 96.9 cm³/mol. The first kappa shape index (κ1) is 15.7. The van der Waals surface area contributed by atoms with E-state index in [2.05, 4.69) is 5.43 Å². The maximum Gasteiger partial charge on any atom is 0.305 e. The molecule has 0 radical (unpaired) electrons. The van der Waals surface area contributed by atoms with Crippen molar-refractivity contribution in [3.8, 4) is 0 Å². The normalized spacial score (nSPS) is 10.7. The van der Waals surface area contributed by atoms with Crippen molar-refractivity contribution in [1.82, 2.24) is 0 Å². The summed E-state index contributed by atoms with van der Waals surface area (Å²) in [6.07, 6.45) is 5.92. The molecule has 0 unspecified atom stereocenters. The van der Waals surface area contributed by atoms with Crippen molar-refractivity contribution in [2.24, 2.45) is 0 Å². The summed E-state index contributed by atoms with van der Waals surface area (Å²) in [5, 5.41) is 0. The molecule has 0 atom stereocenters. The predicted octanol–water partition coefficient (Wildman–Crippen LogP) is 3.84. The molecule has 0 aliphatic heterocycles. The minimum atomic E-state index is -0.138. The molecule has 3 rings (SSSR count). The topological polar surface area (TPSA) is 33.0 Å². The van der Waals surface area contributed by atoms with Gasteiger partial charge >= 0.3 is 5.91 Å². The average molecular weight is 315 g/mol. The lowest BCUT2D eigenvalue weighted by molar-refractivity contribution is -0.643. The monoisotopic (exact) mass is 315 g/mol. The molecular weight excluding hydrogens is 296 g/mol. The molecule has 1 heterocycles. The van der Waals surface area contributed by atoms with Crippen LogP contribution in [-0.4, -0.2) is 5.91 Å². The molecule has 3 nitrogen and oxygen atoms in total. The Bertz CT molecular complexity index is 856. The van der Waals surface area contributed by atoms with Crippen molar-refractivity contribution in [2.45, 2.75) is 6.92 Å². The lowest BCUT2D eigenvalue weighted by Gasteiger charge is -2.03. The molecule has 0 aliphatic rings. The van der Waals surface area contributed by atoms with Crippen LogP contribution in [0.4, 0.5) is 0 Å². The molecule has 1 aromatic heterocycles. The van der Waals surface area contributed by atoms with Crippen LogP contribution in [0.25, 0.3) is 12.2 Å². The van der Waals surface area contributed by atoms with E-state index < -0.39 is 0 Å². The quantitative estimate of drug-likeness (QED) is 0.729. The van der Waals surface area contributed by atoms with Gasteiger partial charge < -0.3 is 0 Å². The number of nitrogens with zero attached hydrogens (tertiary/aromatic N) is 1. The maximum atomic E-state index is 12.4. The Morgan fingerprint density at radius 1 is 0.875 bits per heavy atom. The zero-order valence-electron chi connectivity index (χ0n) is 13.5. The summed E-state index contributed by atoms with van der Waals surface area (Å²) in [4.78, 5) is 12.4. The molecular formula is C21H19N2O+. The number of aryl methyl sites for hydroxylation is 1. The smallest absolute Gasteiger partial charge is 0.264 e. The maximum absolute atomic E-state index is 12.4. The number of rotatable bonds is 4. The highest BCUT2D eigenvalue weighted by molar-refractivity contribution is 5.98. The second kappa shape index (κ2) is 7.38.